The standard InChI is InChI=1S/C20H25N5OS/c1-3-25-16-12-8-7-11-15(16)17-18(25)22-20(24-23-17)27-13(2)19(26)21-14-9-5-4-6-10-14/h7-8,11-14H,3-6,9-10H2,1-2H3,(H,21,26)/t13-/m1/s1. The predicted octanol–water partition coefficient (Wildman–Crippen LogP) is 3.93. The van der Waals surface area contributed by atoms with Crippen molar-refractivity contribution in [2.45, 2.75) is 68.9 Å². The van der Waals surface area contributed by atoms with E-state index in [2.05, 4.69) is 33.1 Å². The molecule has 0 radical (unpaired) electrons. The lowest BCUT2D eigenvalue weighted by atomic mass is 9.95. The predicted molar refractivity (Wildman–Crippen MR) is 109 cm³/mol. The zero-order chi connectivity index (χ0) is 18.8. The molecule has 0 aliphatic heterocycles. The summed E-state index contributed by atoms with van der Waals surface area (Å²) in [7, 11) is 0. The van der Waals surface area contributed by atoms with E-state index < -0.39 is 0 Å². The summed E-state index contributed by atoms with van der Waals surface area (Å²) >= 11 is 1.37. The lowest BCUT2D eigenvalue weighted by Crippen LogP contribution is -2.40. The van der Waals surface area contributed by atoms with E-state index in [0.717, 1.165) is 41.5 Å². The first-order chi connectivity index (χ1) is 13.2. The van der Waals surface area contributed by atoms with Gasteiger partial charge in [0.05, 0.1) is 10.8 Å². The van der Waals surface area contributed by atoms with E-state index in [4.69, 9.17) is 4.98 Å². The zero-order valence-electron chi connectivity index (χ0n) is 15.8. The van der Waals surface area contributed by atoms with Crippen molar-refractivity contribution in [2.24, 2.45) is 0 Å². The normalized spacial score (nSPS) is 16.7. The fourth-order valence-electron chi connectivity index (χ4n) is 3.84. The number of fused-ring (bicyclic) bond motifs is 3. The van der Waals surface area contributed by atoms with Gasteiger partial charge in [-0.15, -0.1) is 10.2 Å². The fourth-order valence-corrected chi connectivity index (χ4v) is 4.55. The van der Waals surface area contributed by atoms with Gasteiger partial charge in [-0.25, -0.2) is 4.98 Å². The highest BCUT2D eigenvalue weighted by molar-refractivity contribution is 8.00. The minimum absolute atomic E-state index is 0.0617. The number of amides is 1. The number of nitrogens with one attached hydrogen (secondary N) is 1. The largest absolute Gasteiger partial charge is 0.352 e. The molecule has 1 aromatic carbocycles. The fraction of sp³-hybridized carbons (Fsp3) is 0.500. The average Bonchev–Trinajstić information content (AvgIpc) is 3.01. The van der Waals surface area contributed by atoms with Crippen molar-refractivity contribution >= 4 is 39.7 Å². The van der Waals surface area contributed by atoms with Gasteiger partial charge >= 0.3 is 0 Å². The quantitative estimate of drug-likeness (QED) is 0.676. The summed E-state index contributed by atoms with van der Waals surface area (Å²) in [4.78, 5) is 17.3. The molecule has 1 amide bonds. The molecule has 0 unspecified atom stereocenters. The number of hydrogen-bond acceptors (Lipinski definition) is 5. The highest BCUT2D eigenvalue weighted by Gasteiger charge is 2.22. The molecule has 1 aliphatic rings. The Morgan fingerprint density at radius 3 is 2.81 bits per heavy atom. The van der Waals surface area contributed by atoms with Crippen LogP contribution in [0.5, 0.6) is 0 Å². The number of aromatic nitrogens is 4. The molecule has 0 bridgehead atoms. The molecular weight excluding hydrogens is 358 g/mol. The average molecular weight is 384 g/mol. The van der Waals surface area contributed by atoms with Crippen molar-refractivity contribution in [1.29, 1.82) is 0 Å². The number of nitrogens with zero attached hydrogens (tertiary/aromatic N) is 4. The summed E-state index contributed by atoms with van der Waals surface area (Å²) < 4.78 is 2.15. The molecule has 3 aromatic rings. The van der Waals surface area contributed by atoms with Crippen molar-refractivity contribution in [2.75, 3.05) is 0 Å². The third-order valence-corrected chi connectivity index (χ3v) is 6.23. The Bertz CT molecular complexity index is 964. The number of para-hydroxylation sites is 1. The van der Waals surface area contributed by atoms with E-state index in [1.165, 1.54) is 31.0 Å². The Morgan fingerprint density at radius 1 is 1.26 bits per heavy atom. The van der Waals surface area contributed by atoms with Crippen molar-refractivity contribution in [1.82, 2.24) is 25.1 Å². The zero-order valence-corrected chi connectivity index (χ0v) is 16.6. The molecule has 6 nitrogen and oxygen atoms in total. The molecule has 27 heavy (non-hydrogen) atoms. The number of thioether (sulfide) groups is 1. The topological polar surface area (TPSA) is 72.7 Å². The van der Waals surface area contributed by atoms with Crippen LogP contribution in [0.1, 0.15) is 46.0 Å². The van der Waals surface area contributed by atoms with Gasteiger partial charge in [0, 0.05) is 18.0 Å². The maximum atomic E-state index is 12.5. The molecular formula is C20H25N5OS. The Balaban J connectivity index is 1.55. The minimum Gasteiger partial charge on any atom is -0.352 e. The van der Waals surface area contributed by atoms with Gasteiger partial charge in [-0.05, 0) is 32.8 Å². The van der Waals surface area contributed by atoms with Crippen LogP contribution in [0.4, 0.5) is 0 Å². The van der Waals surface area contributed by atoms with Crippen molar-refractivity contribution in [3.05, 3.63) is 24.3 Å². The molecule has 0 saturated heterocycles. The number of benzene rings is 1. The van der Waals surface area contributed by atoms with E-state index in [1.807, 2.05) is 25.1 Å². The monoisotopic (exact) mass is 383 g/mol. The van der Waals surface area contributed by atoms with E-state index in [0.29, 0.717) is 11.2 Å². The van der Waals surface area contributed by atoms with Crippen LogP contribution in [0.25, 0.3) is 22.1 Å². The maximum absolute atomic E-state index is 12.5. The van der Waals surface area contributed by atoms with E-state index in [-0.39, 0.29) is 11.2 Å². The Hall–Kier alpha value is -2.15. The second kappa shape index (κ2) is 7.84. The minimum atomic E-state index is -0.245. The smallest absolute Gasteiger partial charge is 0.233 e. The van der Waals surface area contributed by atoms with Crippen LogP contribution in [-0.2, 0) is 11.3 Å². The molecule has 1 fully saturated rings. The number of rotatable bonds is 5. The molecule has 1 atom stereocenters. The third-order valence-electron chi connectivity index (χ3n) is 5.27. The summed E-state index contributed by atoms with van der Waals surface area (Å²) in [6.45, 7) is 4.82. The van der Waals surface area contributed by atoms with Crippen LogP contribution in [-0.4, -0.2) is 36.9 Å². The van der Waals surface area contributed by atoms with E-state index >= 15 is 0 Å². The van der Waals surface area contributed by atoms with Crippen LogP contribution in [0.15, 0.2) is 29.4 Å². The van der Waals surface area contributed by atoms with E-state index in [9.17, 15) is 4.79 Å². The van der Waals surface area contributed by atoms with Crippen LogP contribution >= 0.6 is 11.8 Å². The molecule has 0 spiro atoms. The summed E-state index contributed by atoms with van der Waals surface area (Å²) in [6.07, 6.45) is 5.87. The van der Waals surface area contributed by atoms with Gasteiger partial charge in [0.15, 0.2) is 5.65 Å². The lowest BCUT2D eigenvalue weighted by molar-refractivity contribution is -0.121. The van der Waals surface area contributed by atoms with Crippen LogP contribution in [0, 0.1) is 0 Å². The highest BCUT2D eigenvalue weighted by Crippen LogP contribution is 2.28. The first kappa shape index (κ1) is 18.2. The molecule has 1 aliphatic carbocycles. The summed E-state index contributed by atoms with van der Waals surface area (Å²) in [6, 6.07) is 8.47. The van der Waals surface area contributed by atoms with Crippen molar-refractivity contribution in [3.63, 3.8) is 0 Å². The molecule has 142 valence electrons. The van der Waals surface area contributed by atoms with E-state index in [1.54, 1.807) is 0 Å². The second-order valence-corrected chi connectivity index (χ2v) is 8.44. The SMILES string of the molecule is CCn1c2ccccc2c2nnc(S[C@H](C)C(=O)NC3CCCCC3)nc21. The van der Waals surface area contributed by atoms with Crippen LogP contribution in [0.2, 0.25) is 0 Å². The summed E-state index contributed by atoms with van der Waals surface area (Å²) in [5.74, 6) is 0.0617. The number of carbonyl (C=O) groups excluding carboxylic acids is 1. The Morgan fingerprint density at radius 2 is 2.04 bits per heavy atom. The number of aryl methyl sites for hydroxylation is 1. The van der Waals surface area contributed by atoms with Crippen molar-refractivity contribution in [3.8, 4) is 0 Å². The van der Waals surface area contributed by atoms with Gasteiger partial charge in [-0.2, -0.15) is 0 Å². The molecule has 7 heteroatoms. The lowest BCUT2D eigenvalue weighted by Gasteiger charge is -2.24. The Kier molecular flexibility index (Phi) is 5.29. The van der Waals surface area contributed by atoms with Gasteiger partial charge in [-0.1, -0.05) is 49.2 Å². The maximum Gasteiger partial charge on any atom is 0.233 e. The first-order valence-electron chi connectivity index (χ1n) is 9.76. The highest BCUT2D eigenvalue weighted by atomic mass is 32.2. The Labute approximate surface area is 163 Å². The molecule has 2 aromatic heterocycles. The van der Waals surface area contributed by atoms with Crippen LogP contribution in [0.3, 0.4) is 0 Å². The second-order valence-electron chi connectivity index (χ2n) is 7.13. The number of hydrogen-bond donors (Lipinski definition) is 1. The molecule has 2 heterocycles. The van der Waals surface area contributed by atoms with Gasteiger partial charge in [0.1, 0.15) is 5.52 Å². The molecule has 4 rings (SSSR count). The van der Waals surface area contributed by atoms with Gasteiger partial charge in [-0.3, -0.25) is 4.79 Å². The summed E-state index contributed by atoms with van der Waals surface area (Å²) in [5.41, 5.74) is 2.76. The molecule has 1 saturated carbocycles. The summed E-state index contributed by atoms with van der Waals surface area (Å²) in [5, 5.41) is 13.2. The van der Waals surface area contributed by atoms with Crippen LogP contribution < -0.4 is 5.32 Å². The molecule has 1 N–H and O–H groups in total. The number of carbonyl (C=O) groups is 1. The first-order valence-corrected chi connectivity index (χ1v) is 10.6. The van der Waals surface area contributed by atoms with Gasteiger partial charge < -0.3 is 9.88 Å². The van der Waals surface area contributed by atoms with Gasteiger partial charge in [0.2, 0.25) is 11.1 Å². The van der Waals surface area contributed by atoms with Crippen molar-refractivity contribution < 1.29 is 4.79 Å². The third kappa shape index (κ3) is 3.65. The van der Waals surface area contributed by atoms with Gasteiger partial charge in [0.25, 0.3) is 0 Å².